The van der Waals surface area contributed by atoms with Crippen LogP contribution in [-0.2, 0) is 0 Å². The van der Waals surface area contributed by atoms with E-state index in [1.165, 1.54) is 31.4 Å². The predicted octanol–water partition coefficient (Wildman–Crippen LogP) is 4.04. The van der Waals surface area contributed by atoms with Gasteiger partial charge in [-0.25, -0.2) is 0 Å². The van der Waals surface area contributed by atoms with E-state index >= 15 is 0 Å². The number of Topliss-reactive ketones (excluding diaryl/α,β-unsaturated/α-hetero) is 1. The second-order valence-corrected chi connectivity index (χ2v) is 6.88. The number of hydrogen-bond acceptors (Lipinski definition) is 2. The Kier molecular flexibility index (Phi) is 5.63. The van der Waals surface area contributed by atoms with Crippen molar-refractivity contribution >= 4 is 5.78 Å². The highest BCUT2D eigenvalue weighted by atomic mass is 16.1. The highest BCUT2D eigenvalue weighted by molar-refractivity contribution is 5.99. The number of carbonyl (C=O) groups is 1. The van der Waals surface area contributed by atoms with Crippen LogP contribution in [0, 0.1) is 19.8 Å². The third-order valence-corrected chi connectivity index (χ3v) is 4.66. The minimum Gasteiger partial charge on any atom is -0.345 e. The molecule has 1 aromatic heterocycles. The number of carbonyl (C=O) groups excluding carboxylic acids is 1. The van der Waals surface area contributed by atoms with Crippen molar-refractivity contribution < 1.29 is 4.79 Å². The molecule has 0 bridgehead atoms. The summed E-state index contributed by atoms with van der Waals surface area (Å²) in [7, 11) is 0. The molecule has 0 amide bonds. The van der Waals surface area contributed by atoms with Crippen LogP contribution in [0.25, 0.3) is 0 Å². The Hall–Kier alpha value is -1.09. The molecule has 0 unspecified atom stereocenters. The lowest BCUT2D eigenvalue weighted by Crippen LogP contribution is -2.25. The highest BCUT2D eigenvalue weighted by Gasteiger charge is 2.23. The summed E-state index contributed by atoms with van der Waals surface area (Å²) in [6.45, 7) is 10.0. The van der Waals surface area contributed by atoms with Gasteiger partial charge in [-0.05, 0) is 51.6 Å². The molecule has 1 N–H and O–H groups in total. The summed E-state index contributed by atoms with van der Waals surface area (Å²) < 4.78 is 2.40. The van der Waals surface area contributed by atoms with E-state index in [9.17, 15) is 4.79 Å². The average molecular weight is 290 g/mol. The zero-order valence-corrected chi connectivity index (χ0v) is 14.0. The summed E-state index contributed by atoms with van der Waals surface area (Å²) in [5, 5.41) is 3.28. The van der Waals surface area contributed by atoms with Crippen LogP contribution in [0.1, 0.15) is 73.7 Å². The van der Waals surface area contributed by atoms with Crippen molar-refractivity contribution in [2.24, 2.45) is 5.92 Å². The van der Waals surface area contributed by atoms with Gasteiger partial charge in [0.2, 0.25) is 0 Å². The summed E-state index contributed by atoms with van der Waals surface area (Å²) >= 11 is 0. The van der Waals surface area contributed by atoms with Crippen LogP contribution < -0.4 is 5.32 Å². The Bertz CT molecular complexity index is 482. The molecule has 0 aliphatic heterocycles. The Balaban J connectivity index is 1.99. The molecule has 21 heavy (non-hydrogen) atoms. The van der Waals surface area contributed by atoms with Gasteiger partial charge in [-0.2, -0.15) is 0 Å². The number of ketones is 1. The standard InChI is InChI=1S/C18H30N2O/c1-13(2)9-10-19-12-18(21)17-11-14(3)20(15(17)4)16-7-5-6-8-16/h11,13,16,19H,5-10,12H2,1-4H3. The summed E-state index contributed by atoms with van der Waals surface area (Å²) in [6.07, 6.45) is 6.28. The second-order valence-electron chi connectivity index (χ2n) is 6.88. The van der Waals surface area contributed by atoms with Crippen molar-refractivity contribution in [2.75, 3.05) is 13.1 Å². The molecule has 1 heterocycles. The smallest absolute Gasteiger partial charge is 0.178 e. The van der Waals surface area contributed by atoms with Crippen molar-refractivity contribution in [3.05, 3.63) is 23.0 Å². The Morgan fingerprint density at radius 3 is 2.62 bits per heavy atom. The molecule has 0 atom stereocenters. The lowest BCUT2D eigenvalue weighted by Gasteiger charge is -2.17. The lowest BCUT2D eigenvalue weighted by atomic mass is 10.1. The van der Waals surface area contributed by atoms with E-state index in [4.69, 9.17) is 0 Å². The normalized spacial score (nSPS) is 16.0. The lowest BCUT2D eigenvalue weighted by molar-refractivity contribution is 0.0990. The van der Waals surface area contributed by atoms with Crippen molar-refractivity contribution in [2.45, 2.75) is 65.8 Å². The van der Waals surface area contributed by atoms with Gasteiger partial charge in [0.15, 0.2) is 5.78 Å². The van der Waals surface area contributed by atoms with E-state index in [1.54, 1.807) is 0 Å². The molecule has 0 radical (unpaired) electrons. The SMILES string of the molecule is Cc1cc(C(=O)CNCCC(C)C)c(C)n1C1CCCC1. The number of aryl methyl sites for hydroxylation is 1. The topological polar surface area (TPSA) is 34.0 Å². The van der Waals surface area contributed by atoms with Gasteiger partial charge in [0.25, 0.3) is 0 Å². The first-order valence-electron chi connectivity index (χ1n) is 8.43. The molecule has 1 fully saturated rings. The number of aromatic nitrogens is 1. The first-order chi connectivity index (χ1) is 10.0. The third-order valence-electron chi connectivity index (χ3n) is 4.66. The maximum Gasteiger partial charge on any atom is 0.178 e. The van der Waals surface area contributed by atoms with Crippen molar-refractivity contribution in [1.82, 2.24) is 9.88 Å². The van der Waals surface area contributed by atoms with Gasteiger partial charge in [0.1, 0.15) is 0 Å². The number of nitrogens with one attached hydrogen (secondary N) is 1. The molecule has 1 saturated carbocycles. The summed E-state index contributed by atoms with van der Waals surface area (Å²) in [5.74, 6) is 0.913. The fraction of sp³-hybridized carbons (Fsp3) is 0.722. The predicted molar refractivity (Wildman–Crippen MR) is 88.1 cm³/mol. The van der Waals surface area contributed by atoms with Gasteiger partial charge in [-0.3, -0.25) is 4.79 Å². The number of rotatable bonds is 7. The van der Waals surface area contributed by atoms with Crippen LogP contribution in [0.4, 0.5) is 0 Å². The second kappa shape index (κ2) is 7.26. The van der Waals surface area contributed by atoms with Crippen LogP contribution in [0.2, 0.25) is 0 Å². The molecule has 1 aromatic rings. The molecule has 0 aromatic carbocycles. The zero-order chi connectivity index (χ0) is 15.4. The van der Waals surface area contributed by atoms with Crippen LogP contribution >= 0.6 is 0 Å². The molecule has 118 valence electrons. The fourth-order valence-corrected chi connectivity index (χ4v) is 3.47. The molecule has 0 spiro atoms. The van der Waals surface area contributed by atoms with Gasteiger partial charge in [-0.1, -0.05) is 26.7 Å². The third kappa shape index (κ3) is 3.97. The van der Waals surface area contributed by atoms with Gasteiger partial charge in [-0.15, -0.1) is 0 Å². The summed E-state index contributed by atoms with van der Waals surface area (Å²) in [6, 6.07) is 2.69. The highest BCUT2D eigenvalue weighted by Crippen LogP contribution is 2.33. The molecule has 3 heteroatoms. The average Bonchev–Trinajstić information content (AvgIpc) is 3.02. The van der Waals surface area contributed by atoms with Crippen molar-refractivity contribution in [1.29, 1.82) is 0 Å². The molecule has 1 aliphatic carbocycles. The number of hydrogen-bond donors (Lipinski definition) is 1. The molecule has 0 saturated heterocycles. The van der Waals surface area contributed by atoms with Crippen LogP contribution in [-0.4, -0.2) is 23.4 Å². The first kappa shape index (κ1) is 16.3. The van der Waals surface area contributed by atoms with Crippen molar-refractivity contribution in [3.63, 3.8) is 0 Å². The molecule has 1 aliphatic rings. The summed E-state index contributed by atoms with van der Waals surface area (Å²) in [4.78, 5) is 12.4. The largest absolute Gasteiger partial charge is 0.345 e. The number of nitrogens with zero attached hydrogens (tertiary/aromatic N) is 1. The molecule has 2 rings (SSSR count). The van der Waals surface area contributed by atoms with E-state index in [0.717, 1.165) is 24.2 Å². The minimum absolute atomic E-state index is 0.233. The maximum atomic E-state index is 12.4. The van der Waals surface area contributed by atoms with E-state index in [2.05, 4.69) is 43.6 Å². The maximum absolute atomic E-state index is 12.4. The first-order valence-corrected chi connectivity index (χ1v) is 8.43. The fourth-order valence-electron chi connectivity index (χ4n) is 3.47. The summed E-state index contributed by atoms with van der Waals surface area (Å²) in [5.41, 5.74) is 3.32. The Morgan fingerprint density at radius 2 is 2.00 bits per heavy atom. The quantitative estimate of drug-likeness (QED) is 0.607. The van der Waals surface area contributed by atoms with Gasteiger partial charge < -0.3 is 9.88 Å². The van der Waals surface area contributed by atoms with Crippen molar-refractivity contribution in [3.8, 4) is 0 Å². The van der Waals surface area contributed by atoms with Crippen LogP contribution in [0.3, 0.4) is 0 Å². The van der Waals surface area contributed by atoms with E-state index in [-0.39, 0.29) is 5.78 Å². The Morgan fingerprint density at radius 1 is 1.33 bits per heavy atom. The van der Waals surface area contributed by atoms with E-state index in [1.807, 2.05) is 0 Å². The molecular weight excluding hydrogens is 260 g/mol. The monoisotopic (exact) mass is 290 g/mol. The molecular formula is C18H30N2O. The molecule has 3 nitrogen and oxygen atoms in total. The van der Waals surface area contributed by atoms with E-state index in [0.29, 0.717) is 18.5 Å². The Labute approximate surface area is 129 Å². The van der Waals surface area contributed by atoms with Gasteiger partial charge in [0.05, 0.1) is 6.54 Å². The van der Waals surface area contributed by atoms with E-state index < -0.39 is 0 Å². The van der Waals surface area contributed by atoms with Gasteiger partial charge >= 0.3 is 0 Å². The van der Waals surface area contributed by atoms with Crippen LogP contribution in [0.15, 0.2) is 6.07 Å². The van der Waals surface area contributed by atoms with Gasteiger partial charge in [0, 0.05) is 23.0 Å². The zero-order valence-electron chi connectivity index (χ0n) is 14.0. The van der Waals surface area contributed by atoms with Crippen LogP contribution in [0.5, 0.6) is 0 Å². The minimum atomic E-state index is 0.233.